The van der Waals surface area contributed by atoms with E-state index in [2.05, 4.69) is 36.1 Å². The van der Waals surface area contributed by atoms with Gasteiger partial charge in [-0.2, -0.15) is 0 Å². The summed E-state index contributed by atoms with van der Waals surface area (Å²) in [6, 6.07) is 10.7. The molecule has 0 aliphatic carbocycles. The molecule has 70 valence electrons. The third kappa shape index (κ3) is 1.74. The second-order valence-corrected chi connectivity index (χ2v) is 3.72. The lowest BCUT2D eigenvalue weighted by Crippen LogP contribution is -2.57. The van der Waals surface area contributed by atoms with E-state index in [0.717, 1.165) is 13.1 Å². The maximum absolute atomic E-state index is 9.32. The van der Waals surface area contributed by atoms with Crippen LogP contribution in [-0.4, -0.2) is 28.7 Å². The fourth-order valence-corrected chi connectivity index (χ4v) is 1.69. The Bertz CT molecular complexity index is 273. The summed E-state index contributed by atoms with van der Waals surface area (Å²) >= 11 is 0. The van der Waals surface area contributed by atoms with Crippen molar-refractivity contribution in [3.63, 3.8) is 0 Å². The predicted octanol–water partition coefficient (Wildman–Crippen LogP) is 1.25. The number of benzene rings is 1. The average Bonchev–Trinajstić information content (AvgIpc) is 2.19. The number of hydrogen-bond donors (Lipinski definition) is 1. The zero-order valence-electron chi connectivity index (χ0n) is 7.85. The van der Waals surface area contributed by atoms with E-state index >= 15 is 0 Å². The molecule has 1 aromatic carbocycles. The van der Waals surface area contributed by atoms with Gasteiger partial charge in [0.1, 0.15) is 0 Å². The molecule has 1 N–H and O–H groups in total. The van der Waals surface area contributed by atoms with Crippen LogP contribution in [0.25, 0.3) is 0 Å². The van der Waals surface area contributed by atoms with Crippen molar-refractivity contribution in [2.75, 3.05) is 6.54 Å². The molecule has 2 nitrogen and oxygen atoms in total. The molecule has 2 heteroatoms. The summed E-state index contributed by atoms with van der Waals surface area (Å²) in [5.41, 5.74) is 1.32. The van der Waals surface area contributed by atoms with Gasteiger partial charge in [0.05, 0.1) is 6.10 Å². The Morgan fingerprint density at radius 3 is 2.62 bits per heavy atom. The largest absolute Gasteiger partial charge is 0.390 e. The van der Waals surface area contributed by atoms with Gasteiger partial charge in [0.2, 0.25) is 0 Å². The van der Waals surface area contributed by atoms with Gasteiger partial charge in [-0.05, 0) is 12.5 Å². The van der Waals surface area contributed by atoms with Gasteiger partial charge in [-0.3, -0.25) is 4.90 Å². The average molecular weight is 177 g/mol. The fourth-order valence-electron chi connectivity index (χ4n) is 1.69. The normalized spacial score (nSPS) is 28.5. The Morgan fingerprint density at radius 2 is 2.08 bits per heavy atom. The maximum atomic E-state index is 9.32. The molecule has 2 rings (SSSR count). The van der Waals surface area contributed by atoms with E-state index in [1.54, 1.807) is 0 Å². The molecule has 1 aromatic rings. The zero-order valence-corrected chi connectivity index (χ0v) is 7.85. The van der Waals surface area contributed by atoms with E-state index in [1.807, 2.05) is 6.07 Å². The van der Waals surface area contributed by atoms with E-state index in [9.17, 15) is 5.11 Å². The molecule has 0 bridgehead atoms. The first-order chi connectivity index (χ1) is 6.27. The van der Waals surface area contributed by atoms with Crippen LogP contribution in [0.5, 0.6) is 0 Å². The van der Waals surface area contributed by atoms with Crippen LogP contribution >= 0.6 is 0 Å². The van der Waals surface area contributed by atoms with Crippen molar-refractivity contribution >= 4 is 0 Å². The summed E-state index contributed by atoms with van der Waals surface area (Å²) in [5, 5.41) is 9.32. The van der Waals surface area contributed by atoms with Gasteiger partial charge in [-0.25, -0.2) is 0 Å². The molecule has 0 aromatic heterocycles. The van der Waals surface area contributed by atoms with Crippen molar-refractivity contribution in [1.29, 1.82) is 0 Å². The minimum Gasteiger partial charge on any atom is -0.390 e. The molecule has 0 amide bonds. The first kappa shape index (κ1) is 8.73. The Hall–Kier alpha value is -0.860. The first-order valence-electron chi connectivity index (χ1n) is 4.73. The van der Waals surface area contributed by atoms with Crippen LogP contribution in [-0.2, 0) is 6.54 Å². The molecule has 13 heavy (non-hydrogen) atoms. The molecular formula is C11H15NO. The molecule has 1 saturated heterocycles. The highest BCUT2D eigenvalue weighted by molar-refractivity contribution is 5.15. The smallest absolute Gasteiger partial charge is 0.0819 e. The van der Waals surface area contributed by atoms with Crippen LogP contribution in [0.4, 0.5) is 0 Å². The van der Waals surface area contributed by atoms with E-state index in [-0.39, 0.29) is 6.10 Å². The Balaban J connectivity index is 1.93. The van der Waals surface area contributed by atoms with Gasteiger partial charge in [-0.15, -0.1) is 0 Å². The third-order valence-corrected chi connectivity index (χ3v) is 2.78. The van der Waals surface area contributed by atoms with E-state index in [4.69, 9.17) is 0 Å². The molecular weight excluding hydrogens is 162 g/mol. The molecule has 2 atom stereocenters. The van der Waals surface area contributed by atoms with Crippen LogP contribution in [0.3, 0.4) is 0 Å². The lowest BCUT2D eigenvalue weighted by atomic mass is 10.0. The van der Waals surface area contributed by atoms with Gasteiger partial charge in [0.25, 0.3) is 0 Å². The SMILES string of the molecule is C[C@H]1[C@H](O)CN1Cc1ccccc1. The first-order valence-corrected chi connectivity index (χ1v) is 4.73. The summed E-state index contributed by atoms with van der Waals surface area (Å²) in [6.45, 7) is 3.84. The van der Waals surface area contributed by atoms with Crippen molar-refractivity contribution in [2.45, 2.75) is 25.6 Å². The second kappa shape index (κ2) is 3.48. The summed E-state index contributed by atoms with van der Waals surface area (Å²) in [7, 11) is 0. The third-order valence-electron chi connectivity index (χ3n) is 2.78. The van der Waals surface area contributed by atoms with E-state index < -0.39 is 0 Å². The highest BCUT2D eigenvalue weighted by Crippen LogP contribution is 2.20. The quantitative estimate of drug-likeness (QED) is 0.735. The van der Waals surface area contributed by atoms with Crippen molar-refractivity contribution in [1.82, 2.24) is 4.90 Å². The van der Waals surface area contributed by atoms with Gasteiger partial charge in [0.15, 0.2) is 0 Å². The molecule has 0 radical (unpaired) electrons. The Labute approximate surface area is 78.8 Å². The fraction of sp³-hybridized carbons (Fsp3) is 0.455. The summed E-state index contributed by atoms with van der Waals surface area (Å²) in [5.74, 6) is 0. The minimum atomic E-state index is -0.122. The van der Waals surface area contributed by atoms with Crippen LogP contribution in [0.2, 0.25) is 0 Å². The van der Waals surface area contributed by atoms with Crippen LogP contribution in [0.15, 0.2) is 30.3 Å². The number of β-amino-alcohol motifs (C(OH)–C–C–N with tert-alkyl or cyclic N) is 1. The number of rotatable bonds is 2. The molecule has 0 saturated carbocycles. The molecule has 0 unspecified atom stereocenters. The van der Waals surface area contributed by atoms with Gasteiger partial charge in [0, 0.05) is 19.1 Å². The van der Waals surface area contributed by atoms with Gasteiger partial charge < -0.3 is 5.11 Å². The number of aliphatic hydroxyl groups is 1. The predicted molar refractivity (Wildman–Crippen MR) is 52.3 cm³/mol. The van der Waals surface area contributed by atoms with Gasteiger partial charge >= 0.3 is 0 Å². The molecule has 1 heterocycles. The lowest BCUT2D eigenvalue weighted by molar-refractivity contribution is -0.0571. The molecule has 1 aliphatic heterocycles. The molecule has 1 fully saturated rings. The highest BCUT2D eigenvalue weighted by atomic mass is 16.3. The van der Waals surface area contributed by atoms with Crippen LogP contribution < -0.4 is 0 Å². The summed E-state index contributed by atoms with van der Waals surface area (Å²) in [4.78, 5) is 2.28. The Kier molecular flexibility index (Phi) is 2.34. The molecule has 0 spiro atoms. The van der Waals surface area contributed by atoms with Crippen molar-refractivity contribution in [3.05, 3.63) is 35.9 Å². The minimum absolute atomic E-state index is 0.122. The lowest BCUT2D eigenvalue weighted by Gasteiger charge is -2.43. The van der Waals surface area contributed by atoms with Crippen molar-refractivity contribution in [3.8, 4) is 0 Å². The van der Waals surface area contributed by atoms with E-state index in [0.29, 0.717) is 6.04 Å². The summed E-state index contributed by atoms with van der Waals surface area (Å²) < 4.78 is 0. The van der Waals surface area contributed by atoms with Gasteiger partial charge in [-0.1, -0.05) is 30.3 Å². The summed E-state index contributed by atoms with van der Waals surface area (Å²) in [6.07, 6.45) is -0.122. The van der Waals surface area contributed by atoms with Crippen molar-refractivity contribution < 1.29 is 5.11 Å². The second-order valence-electron chi connectivity index (χ2n) is 3.72. The highest BCUT2D eigenvalue weighted by Gasteiger charge is 2.33. The van der Waals surface area contributed by atoms with E-state index in [1.165, 1.54) is 5.56 Å². The number of nitrogens with zero attached hydrogens (tertiary/aromatic N) is 1. The molecule has 1 aliphatic rings. The van der Waals surface area contributed by atoms with Crippen molar-refractivity contribution in [2.24, 2.45) is 0 Å². The van der Waals surface area contributed by atoms with Crippen LogP contribution in [0, 0.1) is 0 Å². The zero-order chi connectivity index (χ0) is 9.26. The standard InChI is InChI=1S/C11H15NO/c1-9-11(13)8-12(9)7-10-5-3-2-4-6-10/h2-6,9,11,13H,7-8H2,1H3/t9-,11+/m0/s1. The number of aliphatic hydroxyl groups excluding tert-OH is 1. The maximum Gasteiger partial charge on any atom is 0.0819 e. The Morgan fingerprint density at radius 1 is 1.38 bits per heavy atom. The number of hydrogen-bond acceptors (Lipinski definition) is 2. The monoisotopic (exact) mass is 177 g/mol. The topological polar surface area (TPSA) is 23.5 Å². The van der Waals surface area contributed by atoms with Crippen LogP contribution in [0.1, 0.15) is 12.5 Å². The number of likely N-dealkylation sites (tertiary alicyclic amines) is 1.